The lowest BCUT2D eigenvalue weighted by Crippen LogP contribution is -2.24. The van der Waals surface area contributed by atoms with Crippen LogP contribution >= 0.6 is 0 Å². The van der Waals surface area contributed by atoms with E-state index in [-0.39, 0.29) is 21.7 Å². The largest absolute Gasteiger partial charge is 0.217 e. The first-order valence-corrected chi connectivity index (χ1v) is 19.9. The summed E-state index contributed by atoms with van der Waals surface area (Å²) in [5.74, 6) is 5.84. The van der Waals surface area contributed by atoms with E-state index in [1.165, 1.54) is 0 Å². The van der Waals surface area contributed by atoms with Gasteiger partial charge in [-0.25, -0.2) is 44.9 Å². The molecular weight excluding hydrogens is 715 g/mol. The molecule has 0 spiro atoms. The number of aromatic nitrogens is 9. The first-order valence-electron chi connectivity index (χ1n) is 19.9. The van der Waals surface area contributed by atoms with Crippen molar-refractivity contribution in [1.82, 2.24) is 44.9 Å². The molecule has 0 unspecified atom stereocenters. The van der Waals surface area contributed by atoms with Crippen molar-refractivity contribution in [2.24, 2.45) is 0 Å². The second-order valence-electron chi connectivity index (χ2n) is 19.0. The lowest BCUT2D eigenvalue weighted by atomic mass is 9.93. The van der Waals surface area contributed by atoms with Crippen LogP contribution in [0, 0.1) is 0 Å². The number of benzene rings is 4. The van der Waals surface area contributed by atoms with Gasteiger partial charge in [0.1, 0.15) is 23.3 Å². The van der Waals surface area contributed by atoms with E-state index >= 15 is 0 Å². The van der Waals surface area contributed by atoms with E-state index in [0.29, 0.717) is 40.8 Å². The highest BCUT2D eigenvalue weighted by Crippen LogP contribution is 2.35. The predicted octanol–water partition coefficient (Wildman–Crippen LogP) is 11.4. The first kappa shape index (κ1) is 40.1. The minimum Gasteiger partial charge on any atom is -0.217 e. The Balaban J connectivity index is 1.43. The molecule has 3 heterocycles. The van der Waals surface area contributed by atoms with Crippen LogP contribution in [-0.2, 0) is 21.7 Å². The molecule has 7 aromatic rings. The van der Waals surface area contributed by atoms with Crippen LogP contribution in [0.5, 0.6) is 0 Å². The maximum atomic E-state index is 5.20. The van der Waals surface area contributed by atoms with E-state index in [1.807, 2.05) is 66.7 Å². The second kappa shape index (κ2) is 15.0. The molecule has 3 aromatic heterocycles. The summed E-state index contributed by atoms with van der Waals surface area (Å²) in [6.45, 7) is 25.5. The Labute approximate surface area is 343 Å². The van der Waals surface area contributed by atoms with Crippen molar-refractivity contribution in [2.75, 3.05) is 0 Å². The van der Waals surface area contributed by atoms with Gasteiger partial charge in [0.15, 0.2) is 29.1 Å². The normalized spacial score (nSPS) is 12.5. The van der Waals surface area contributed by atoms with Crippen LogP contribution < -0.4 is 0 Å². The summed E-state index contributed by atoms with van der Waals surface area (Å²) < 4.78 is 0. The molecule has 294 valence electrons. The summed E-state index contributed by atoms with van der Waals surface area (Å²) in [4.78, 5) is 45.4. The average Bonchev–Trinajstić information content (AvgIpc) is 3.19. The van der Waals surface area contributed by atoms with Crippen LogP contribution in [0.4, 0.5) is 0 Å². The summed E-state index contributed by atoms with van der Waals surface area (Å²) >= 11 is 0. The Bertz CT molecular complexity index is 2560. The highest BCUT2D eigenvalue weighted by Gasteiger charge is 2.27. The monoisotopic (exact) mass is 767 g/mol. The SMILES string of the molecule is CC(C)(C)c1nc(-c2ccccc2)nc(-c2cc(-c3ccccc3)cc(-c3nc(-c4cccc(-c5nc(C(C)(C)C)nc(C(C)(C)C)n5)c4)nc(C(C)(C)C)n3)c2)n1. The minimum atomic E-state index is -0.373. The molecule has 0 saturated carbocycles. The Morgan fingerprint density at radius 2 is 0.517 bits per heavy atom. The van der Waals surface area contributed by atoms with Gasteiger partial charge in [-0.15, -0.1) is 0 Å². The fourth-order valence-electron chi connectivity index (χ4n) is 6.18. The van der Waals surface area contributed by atoms with Crippen molar-refractivity contribution in [3.8, 4) is 68.1 Å². The van der Waals surface area contributed by atoms with Gasteiger partial charge in [0.05, 0.1) is 0 Å². The van der Waals surface area contributed by atoms with Gasteiger partial charge in [0.25, 0.3) is 0 Å². The topological polar surface area (TPSA) is 116 Å². The van der Waals surface area contributed by atoms with Crippen molar-refractivity contribution in [3.05, 3.63) is 126 Å². The Morgan fingerprint density at radius 3 is 0.914 bits per heavy atom. The van der Waals surface area contributed by atoms with Crippen molar-refractivity contribution in [3.63, 3.8) is 0 Å². The molecule has 0 saturated heterocycles. The van der Waals surface area contributed by atoms with Crippen molar-refractivity contribution in [1.29, 1.82) is 0 Å². The van der Waals surface area contributed by atoms with Crippen molar-refractivity contribution in [2.45, 2.75) is 105 Å². The van der Waals surface area contributed by atoms with Crippen LogP contribution in [0.25, 0.3) is 68.1 Å². The van der Waals surface area contributed by atoms with Gasteiger partial charge < -0.3 is 0 Å². The third kappa shape index (κ3) is 8.89. The quantitative estimate of drug-likeness (QED) is 0.163. The number of rotatable bonds is 6. The van der Waals surface area contributed by atoms with Crippen LogP contribution in [0.15, 0.2) is 103 Å². The molecule has 9 nitrogen and oxygen atoms in total. The molecule has 4 aromatic carbocycles. The van der Waals surface area contributed by atoms with Crippen molar-refractivity contribution >= 4 is 0 Å². The molecule has 9 heteroatoms. The fraction of sp³-hybridized carbons (Fsp3) is 0.327. The second-order valence-corrected chi connectivity index (χ2v) is 19.0. The van der Waals surface area contributed by atoms with Crippen LogP contribution in [-0.4, -0.2) is 44.9 Å². The van der Waals surface area contributed by atoms with Gasteiger partial charge >= 0.3 is 0 Å². The zero-order valence-electron chi connectivity index (χ0n) is 35.8. The Hall–Kier alpha value is -6.09. The zero-order chi connectivity index (χ0) is 41.6. The molecule has 0 atom stereocenters. The number of nitrogens with zero attached hydrogens (tertiary/aromatic N) is 9. The lowest BCUT2D eigenvalue weighted by Gasteiger charge is -2.22. The van der Waals surface area contributed by atoms with Crippen LogP contribution in [0.2, 0.25) is 0 Å². The van der Waals surface area contributed by atoms with Crippen molar-refractivity contribution < 1.29 is 0 Å². The highest BCUT2D eigenvalue weighted by atomic mass is 15.1. The minimum absolute atomic E-state index is 0.258. The van der Waals surface area contributed by atoms with E-state index in [0.717, 1.165) is 50.6 Å². The molecule has 7 rings (SSSR count). The molecule has 58 heavy (non-hydrogen) atoms. The maximum absolute atomic E-state index is 5.20. The molecule has 0 N–H and O–H groups in total. The lowest BCUT2D eigenvalue weighted by molar-refractivity contribution is 0.497. The Morgan fingerprint density at radius 1 is 0.241 bits per heavy atom. The van der Waals surface area contributed by atoms with Gasteiger partial charge in [-0.3, -0.25) is 0 Å². The predicted molar refractivity (Wildman–Crippen MR) is 234 cm³/mol. The Kier molecular flexibility index (Phi) is 10.4. The maximum Gasteiger partial charge on any atom is 0.163 e. The van der Waals surface area contributed by atoms with E-state index in [4.69, 9.17) is 44.9 Å². The third-order valence-electron chi connectivity index (χ3n) is 9.56. The van der Waals surface area contributed by atoms with E-state index in [9.17, 15) is 0 Å². The third-order valence-corrected chi connectivity index (χ3v) is 9.56. The summed E-state index contributed by atoms with van der Waals surface area (Å²) in [5.41, 5.74) is 5.12. The summed E-state index contributed by atoms with van der Waals surface area (Å²) in [6.07, 6.45) is 0. The smallest absolute Gasteiger partial charge is 0.163 e. The van der Waals surface area contributed by atoms with E-state index < -0.39 is 0 Å². The number of hydrogen-bond donors (Lipinski definition) is 0. The first-order chi connectivity index (χ1) is 27.2. The average molecular weight is 768 g/mol. The summed E-state index contributed by atoms with van der Waals surface area (Å²) in [7, 11) is 0. The van der Waals surface area contributed by atoms with E-state index in [2.05, 4.69) is 119 Å². The molecular formula is C49H53N9. The van der Waals surface area contributed by atoms with Gasteiger partial charge in [-0.1, -0.05) is 162 Å². The summed E-state index contributed by atoms with van der Waals surface area (Å²) in [5, 5.41) is 0. The zero-order valence-corrected chi connectivity index (χ0v) is 35.8. The van der Waals surface area contributed by atoms with E-state index in [1.54, 1.807) is 0 Å². The fourth-order valence-corrected chi connectivity index (χ4v) is 6.18. The molecule has 0 aliphatic rings. The molecule has 0 amide bonds. The van der Waals surface area contributed by atoms with Gasteiger partial charge in [-0.2, -0.15) is 0 Å². The molecule has 0 bridgehead atoms. The highest BCUT2D eigenvalue weighted by molar-refractivity contribution is 5.78. The number of hydrogen-bond acceptors (Lipinski definition) is 9. The van der Waals surface area contributed by atoms with Crippen LogP contribution in [0.3, 0.4) is 0 Å². The standard InChI is InChI=1S/C49H53N9/c1-46(2,3)42-52-37(31-22-17-14-18-23-31)50-40(56-42)35-27-34(30-20-15-13-16-21-30)28-36(29-35)41-51-38(53-43(57-41)47(4,5)6)32-24-19-25-33(26-32)39-54-44(48(7,8)9)58-45(55-39)49(10,11)12/h13-29H,1-12H3. The van der Waals surface area contributed by atoms with Crippen LogP contribution in [0.1, 0.15) is 106 Å². The van der Waals surface area contributed by atoms with Gasteiger partial charge in [-0.05, 0) is 35.4 Å². The summed E-state index contributed by atoms with van der Waals surface area (Å²) in [6, 6.07) is 34.9. The van der Waals surface area contributed by atoms with Gasteiger partial charge in [0.2, 0.25) is 0 Å². The van der Waals surface area contributed by atoms with Gasteiger partial charge in [0, 0.05) is 49.5 Å². The molecule has 0 fully saturated rings. The molecule has 0 radical (unpaired) electrons. The molecule has 0 aliphatic heterocycles. The molecule has 0 aliphatic carbocycles.